The Morgan fingerprint density at radius 2 is 1.74 bits per heavy atom. The largest absolute Gasteiger partial charge is 0.573 e. The fourth-order valence-electron chi connectivity index (χ4n) is 1.93. The summed E-state index contributed by atoms with van der Waals surface area (Å²) in [6.45, 7) is 0. The summed E-state index contributed by atoms with van der Waals surface area (Å²) in [6.07, 6.45) is -6.87. The summed E-state index contributed by atoms with van der Waals surface area (Å²) < 4.78 is 54.2. The first kappa shape index (κ1) is 16.8. The fourth-order valence-corrected chi connectivity index (χ4v) is 1.93. The van der Waals surface area contributed by atoms with Crippen molar-refractivity contribution in [2.75, 3.05) is 0 Å². The molecule has 1 atom stereocenters. The second kappa shape index (κ2) is 6.25. The molecule has 0 fully saturated rings. The third kappa shape index (κ3) is 4.19. The van der Waals surface area contributed by atoms with Gasteiger partial charge in [-0.15, -0.1) is 13.2 Å². The standard InChI is InChI=1S/C15H10F4O4/c16-12-7-9(4-5-11(12)13(20)14(21)22)8-2-1-3-10(6-8)23-15(17,18)19/h1-7,13,20H,(H,21,22). The van der Waals surface area contributed by atoms with Crippen molar-refractivity contribution < 1.29 is 37.3 Å². The van der Waals surface area contributed by atoms with E-state index in [1.165, 1.54) is 18.2 Å². The van der Waals surface area contributed by atoms with Crippen molar-refractivity contribution in [2.24, 2.45) is 0 Å². The van der Waals surface area contributed by atoms with Gasteiger partial charge in [-0.2, -0.15) is 0 Å². The maximum absolute atomic E-state index is 13.9. The van der Waals surface area contributed by atoms with E-state index in [0.717, 1.165) is 24.3 Å². The maximum atomic E-state index is 13.9. The van der Waals surface area contributed by atoms with Gasteiger partial charge in [0.15, 0.2) is 6.10 Å². The van der Waals surface area contributed by atoms with Gasteiger partial charge in [0, 0.05) is 5.56 Å². The highest BCUT2D eigenvalue weighted by Crippen LogP contribution is 2.29. The lowest BCUT2D eigenvalue weighted by Gasteiger charge is -2.11. The van der Waals surface area contributed by atoms with Crippen LogP contribution in [0.1, 0.15) is 11.7 Å². The third-order valence-electron chi connectivity index (χ3n) is 2.93. The zero-order chi connectivity index (χ0) is 17.2. The van der Waals surface area contributed by atoms with E-state index in [9.17, 15) is 27.5 Å². The molecule has 0 amide bonds. The zero-order valence-electron chi connectivity index (χ0n) is 11.3. The number of hydrogen-bond acceptors (Lipinski definition) is 3. The highest BCUT2D eigenvalue weighted by atomic mass is 19.4. The Labute approximate surface area is 127 Å². The molecule has 122 valence electrons. The first-order chi connectivity index (χ1) is 10.7. The van der Waals surface area contributed by atoms with Gasteiger partial charge in [0.2, 0.25) is 0 Å². The minimum absolute atomic E-state index is 0.205. The number of rotatable bonds is 4. The molecule has 0 heterocycles. The van der Waals surface area contributed by atoms with Crippen LogP contribution in [0.4, 0.5) is 17.6 Å². The number of carboxylic acid groups (broad SMARTS) is 1. The summed E-state index contributed by atoms with van der Waals surface area (Å²) in [4.78, 5) is 10.6. The highest BCUT2D eigenvalue weighted by molar-refractivity contribution is 5.75. The molecule has 0 saturated heterocycles. The van der Waals surface area contributed by atoms with Crippen molar-refractivity contribution in [1.29, 1.82) is 0 Å². The molecule has 0 bridgehead atoms. The van der Waals surface area contributed by atoms with E-state index < -0.39 is 35.6 Å². The Morgan fingerprint density at radius 1 is 1.09 bits per heavy atom. The van der Waals surface area contributed by atoms with Crippen molar-refractivity contribution >= 4 is 5.97 Å². The summed E-state index contributed by atoms with van der Waals surface area (Å²) in [5.74, 6) is -3.07. The predicted octanol–water partition coefficient (Wildman–Crippen LogP) is 3.51. The van der Waals surface area contributed by atoms with E-state index in [1.54, 1.807) is 0 Å². The van der Waals surface area contributed by atoms with Crippen molar-refractivity contribution in [1.82, 2.24) is 0 Å². The van der Waals surface area contributed by atoms with E-state index in [0.29, 0.717) is 0 Å². The highest BCUT2D eigenvalue weighted by Gasteiger charge is 2.31. The zero-order valence-corrected chi connectivity index (χ0v) is 11.3. The number of aliphatic carboxylic acids is 1. The summed E-state index contributed by atoms with van der Waals surface area (Å²) in [7, 11) is 0. The van der Waals surface area contributed by atoms with Crippen LogP contribution in [0.5, 0.6) is 5.75 Å². The van der Waals surface area contributed by atoms with Crippen LogP contribution in [-0.4, -0.2) is 22.5 Å². The fraction of sp³-hybridized carbons (Fsp3) is 0.133. The molecule has 0 spiro atoms. The molecule has 0 aromatic heterocycles. The van der Waals surface area contributed by atoms with Gasteiger partial charge >= 0.3 is 12.3 Å². The number of ether oxygens (including phenoxy) is 1. The smallest absolute Gasteiger partial charge is 0.479 e. The molecule has 0 aliphatic rings. The van der Waals surface area contributed by atoms with Crippen LogP contribution in [0.2, 0.25) is 0 Å². The number of hydrogen-bond donors (Lipinski definition) is 2. The van der Waals surface area contributed by atoms with Crippen LogP contribution in [0.25, 0.3) is 11.1 Å². The van der Waals surface area contributed by atoms with Crippen molar-refractivity contribution in [3.63, 3.8) is 0 Å². The van der Waals surface area contributed by atoms with Crippen LogP contribution in [0.15, 0.2) is 42.5 Å². The topological polar surface area (TPSA) is 66.8 Å². The second-order valence-corrected chi connectivity index (χ2v) is 4.55. The van der Waals surface area contributed by atoms with E-state index in [4.69, 9.17) is 5.11 Å². The Hall–Kier alpha value is -2.61. The van der Waals surface area contributed by atoms with E-state index in [-0.39, 0.29) is 11.1 Å². The van der Waals surface area contributed by atoms with Crippen LogP contribution in [-0.2, 0) is 4.79 Å². The van der Waals surface area contributed by atoms with Crippen molar-refractivity contribution in [3.05, 3.63) is 53.8 Å². The average molecular weight is 330 g/mol. The Morgan fingerprint density at radius 3 is 2.30 bits per heavy atom. The third-order valence-corrected chi connectivity index (χ3v) is 2.93. The lowest BCUT2D eigenvalue weighted by atomic mass is 10.0. The molecular weight excluding hydrogens is 320 g/mol. The molecular formula is C15H10F4O4. The van der Waals surface area contributed by atoms with Gasteiger partial charge in [-0.3, -0.25) is 0 Å². The summed E-state index contributed by atoms with van der Waals surface area (Å²) in [5, 5.41) is 18.0. The first-order valence-corrected chi connectivity index (χ1v) is 6.24. The number of halogens is 4. The number of aliphatic hydroxyl groups is 1. The normalized spacial score (nSPS) is 12.7. The molecule has 2 aromatic rings. The Bertz CT molecular complexity index is 728. The van der Waals surface area contributed by atoms with Gasteiger partial charge in [-0.1, -0.05) is 24.3 Å². The van der Waals surface area contributed by atoms with Gasteiger partial charge in [0.25, 0.3) is 0 Å². The van der Waals surface area contributed by atoms with E-state index in [2.05, 4.69) is 4.74 Å². The van der Waals surface area contributed by atoms with Crippen LogP contribution < -0.4 is 4.74 Å². The molecule has 8 heteroatoms. The Balaban J connectivity index is 2.34. The lowest BCUT2D eigenvalue weighted by Crippen LogP contribution is -2.17. The van der Waals surface area contributed by atoms with E-state index >= 15 is 0 Å². The Kier molecular flexibility index (Phi) is 4.55. The summed E-state index contributed by atoms with van der Waals surface area (Å²) >= 11 is 0. The SMILES string of the molecule is O=C(O)C(O)c1ccc(-c2cccc(OC(F)(F)F)c2)cc1F. The van der Waals surface area contributed by atoms with Crippen molar-refractivity contribution in [2.45, 2.75) is 12.5 Å². The predicted molar refractivity (Wildman–Crippen MR) is 71.1 cm³/mol. The maximum Gasteiger partial charge on any atom is 0.573 e. The monoisotopic (exact) mass is 330 g/mol. The number of carboxylic acids is 1. The number of benzene rings is 2. The van der Waals surface area contributed by atoms with Gasteiger partial charge < -0.3 is 14.9 Å². The molecule has 4 nitrogen and oxygen atoms in total. The van der Waals surface area contributed by atoms with Gasteiger partial charge in [-0.05, 0) is 29.3 Å². The van der Waals surface area contributed by atoms with Gasteiger partial charge in [0.05, 0.1) is 0 Å². The lowest BCUT2D eigenvalue weighted by molar-refractivity contribution is -0.274. The average Bonchev–Trinajstić information content (AvgIpc) is 2.44. The summed E-state index contributed by atoms with van der Waals surface area (Å²) in [5.41, 5.74) is 0.00224. The van der Waals surface area contributed by atoms with Crippen LogP contribution >= 0.6 is 0 Å². The molecule has 0 radical (unpaired) electrons. The molecule has 23 heavy (non-hydrogen) atoms. The molecule has 0 aliphatic carbocycles. The first-order valence-electron chi connectivity index (χ1n) is 6.24. The molecule has 2 N–H and O–H groups in total. The number of carbonyl (C=O) groups is 1. The molecule has 0 aliphatic heterocycles. The van der Waals surface area contributed by atoms with Gasteiger partial charge in [0.1, 0.15) is 11.6 Å². The second-order valence-electron chi connectivity index (χ2n) is 4.55. The molecule has 0 saturated carbocycles. The molecule has 2 aromatic carbocycles. The van der Waals surface area contributed by atoms with Crippen LogP contribution in [0.3, 0.4) is 0 Å². The van der Waals surface area contributed by atoms with Gasteiger partial charge in [-0.25, -0.2) is 9.18 Å². The quantitative estimate of drug-likeness (QED) is 0.842. The minimum Gasteiger partial charge on any atom is -0.479 e. The summed E-state index contributed by atoms with van der Waals surface area (Å²) in [6, 6.07) is 8.16. The minimum atomic E-state index is -4.85. The van der Waals surface area contributed by atoms with Crippen molar-refractivity contribution in [3.8, 4) is 16.9 Å². The number of aliphatic hydroxyl groups excluding tert-OH is 1. The van der Waals surface area contributed by atoms with Crippen LogP contribution in [0, 0.1) is 5.82 Å². The number of alkyl halides is 3. The van der Waals surface area contributed by atoms with E-state index in [1.807, 2.05) is 0 Å². The molecule has 1 unspecified atom stereocenters. The molecule has 2 rings (SSSR count).